The minimum absolute atomic E-state index is 0.0557. The lowest BCUT2D eigenvalue weighted by Crippen LogP contribution is -2.29. The number of hydrogen-bond acceptors (Lipinski definition) is 4. The molecule has 3 rings (SSSR count). The Balaban J connectivity index is 1.47. The van der Waals surface area contributed by atoms with E-state index in [2.05, 4.69) is 17.2 Å². The van der Waals surface area contributed by atoms with Crippen molar-refractivity contribution in [3.05, 3.63) is 59.2 Å². The molecule has 2 aromatic carbocycles. The minimum atomic E-state index is -0.266. The van der Waals surface area contributed by atoms with Crippen LogP contribution in [0.5, 0.6) is 11.5 Å². The Morgan fingerprint density at radius 3 is 2.60 bits per heavy atom. The first-order valence-corrected chi connectivity index (χ1v) is 9.76. The van der Waals surface area contributed by atoms with E-state index in [1.807, 2.05) is 26.0 Å². The van der Waals surface area contributed by atoms with Crippen LogP contribution in [-0.2, 0) is 11.2 Å². The Hall–Kier alpha value is -3.46. The van der Waals surface area contributed by atoms with Crippen molar-refractivity contribution in [3.8, 4) is 23.3 Å². The van der Waals surface area contributed by atoms with Crippen molar-refractivity contribution in [2.75, 3.05) is 27.2 Å². The van der Waals surface area contributed by atoms with Crippen LogP contribution in [0.1, 0.15) is 35.3 Å². The number of para-hydroxylation sites is 1. The largest absolute Gasteiger partial charge is 0.483 e. The van der Waals surface area contributed by atoms with E-state index in [1.54, 1.807) is 44.4 Å². The second-order valence-corrected chi connectivity index (χ2v) is 7.93. The average molecular weight is 406 g/mol. The van der Waals surface area contributed by atoms with Crippen molar-refractivity contribution in [3.63, 3.8) is 0 Å². The highest BCUT2D eigenvalue weighted by Crippen LogP contribution is 2.41. The van der Waals surface area contributed by atoms with Gasteiger partial charge < -0.3 is 19.7 Å². The summed E-state index contributed by atoms with van der Waals surface area (Å²) in [5.41, 5.74) is 2.20. The van der Waals surface area contributed by atoms with Crippen LogP contribution in [-0.4, -0.2) is 49.6 Å². The quantitative estimate of drug-likeness (QED) is 0.776. The van der Waals surface area contributed by atoms with Gasteiger partial charge in [0.1, 0.15) is 5.60 Å². The van der Waals surface area contributed by atoms with Crippen LogP contribution < -0.4 is 14.8 Å². The molecule has 0 fully saturated rings. The Labute approximate surface area is 177 Å². The molecular formula is C24H26N2O4. The third-order valence-corrected chi connectivity index (χ3v) is 4.56. The maximum Gasteiger partial charge on any atom is 0.258 e. The summed E-state index contributed by atoms with van der Waals surface area (Å²) in [6, 6.07) is 12.8. The van der Waals surface area contributed by atoms with Crippen LogP contribution in [0.25, 0.3) is 0 Å². The predicted molar refractivity (Wildman–Crippen MR) is 115 cm³/mol. The fourth-order valence-electron chi connectivity index (χ4n) is 3.14. The molecule has 2 amide bonds. The summed E-state index contributed by atoms with van der Waals surface area (Å²) in [5, 5.41) is 2.71. The van der Waals surface area contributed by atoms with Gasteiger partial charge in [0.25, 0.3) is 11.8 Å². The highest BCUT2D eigenvalue weighted by atomic mass is 16.5. The number of fused-ring (bicyclic) bond motifs is 1. The lowest BCUT2D eigenvalue weighted by atomic mass is 10.0. The van der Waals surface area contributed by atoms with Crippen molar-refractivity contribution < 1.29 is 19.1 Å². The fraction of sp³-hybridized carbons (Fsp3) is 0.333. The normalized spacial score (nSPS) is 13.3. The summed E-state index contributed by atoms with van der Waals surface area (Å²) in [6.45, 7) is 4.14. The Bertz CT molecular complexity index is 998. The Morgan fingerprint density at radius 2 is 1.90 bits per heavy atom. The van der Waals surface area contributed by atoms with Gasteiger partial charge in [-0.1, -0.05) is 24.0 Å². The van der Waals surface area contributed by atoms with Gasteiger partial charge in [-0.25, -0.2) is 0 Å². The molecule has 0 unspecified atom stereocenters. The van der Waals surface area contributed by atoms with Crippen molar-refractivity contribution in [1.29, 1.82) is 0 Å². The highest BCUT2D eigenvalue weighted by Gasteiger charge is 2.32. The van der Waals surface area contributed by atoms with Gasteiger partial charge in [0.05, 0.1) is 6.54 Å². The van der Waals surface area contributed by atoms with E-state index in [0.29, 0.717) is 17.1 Å². The minimum Gasteiger partial charge on any atom is -0.483 e. The monoisotopic (exact) mass is 406 g/mol. The first-order chi connectivity index (χ1) is 14.2. The summed E-state index contributed by atoms with van der Waals surface area (Å²) in [6.07, 6.45) is 0.811. The molecule has 6 nitrogen and oxygen atoms in total. The molecule has 1 aliphatic heterocycles. The van der Waals surface area contributed by atoms with Gasteiger partial charge in [-0.05, 0) is 44.2 Å². The van der Waals surface area contributed by atoms with E-state index in [-0.39, 0.29) is 30.6 Å². The maximum atomic E-state index is 12.1. The molecule has 30 heavy (non-hydrogen) atoms. The zero-order valence-electron chi connectivity index (χ0n) is 17.7. The molecule has 1 N–H and O–H groups in total. The molecule has 156 valence electrons. The van der Waals surface area contributed by atoms with Crippen molar-refractivity contribution in [1.82, 2.24) is 10.2 Å². The van der Waals surface area contributed by atoms with E-state index >= 15 is 0 Å². The first-order valence-electron chi connectivity index (χ1n) is 9.76. The number of benzene rings is 2. The molecule has 0 aliphatic carbocycles. The first kappa shape index (κ1) is 21.3. The topological polar surface area (TPSA) is 67.9 Å². The SMILES string of the molecule is CN(C)C(=O)c1ccc(C#CCNC(=O)COc2cccc3c2OC(C)(C)C3)cc1. The van der Waals surface area contributed by atoms with Crippen LogP contribution in [0.4, 0.5) is 0 Å². The van der Waals surface area contributed by atoms with Crippen LogP contribution in [0.3, 0.4) is 0 Å². The summed E-state index contributed by atoms with van der Waals surface area (Å²) >= 11 is 0. The lowest BCUT2D eigenvalue weighted by Gasteiger charge is -2.18. The van der Waals surface area contributed by atoms with E-state index < -0.39 is 0 Å². The number of ether oxygens (including phenoxy) is 2. The number of carbonyl (C=O) groups excluding carboxylic acids is 2. The molecule has 2 aromatic rings. The molecule has 0 saturated carbocycles. The van der Waals surface area contributed by atoms with Crippen molar-refractivity contribution in [2.24, 2.45) is 0 Å². The van der Waals surface area contributed by atoms with Crippen molar-refractivity contribution in [2.45, 2.75) is 25.9 Å². The van der Waals surface area contributed by atoms with Crippen LogP contribution in [0.15, 0.2) is 42.5 Å². The Kier molecular flexibility index (Phi) is 6.31. The van der Waals surface area contributed by atoms with Gasteiger partial charge in [0.2, 0.25) is 0 Å². The predicted octanol–water partition coefficient (Wildman–Crippen LogP) is 2.65. The van der Waals surface area contributed by atoms with E-state index in [0.717, 1.165) is 17.5 Å². The molecule has 6 heteroatoms. The van der Waals surface area contributed by atoms with Gasteiger partial charge >= 0.3 is 0 Å². The summed E-state index contributed by atoms with van der Waals surface area (Å²) in [4.78, 5) is 25.4. The zero-order valence-corrected chi connectivity index (χ0v) is 17.7. The van der Waals surface area contributed by atoms with Gasteiger partial charge in [-0.2, -0.15) is 0 Å². The Morgan fingerprint density at radius 1 is 1.17 bits per heavy atom. The second-order valence-electron chi connectivity index (χ2n) is 7.93. The smallest absolute Gasteiger partial charge is 0.258 e. The fourth-order valence-corrected chi connectivity index (χ4v) is 3.14. The summed E-state index contributed by atoms with van der Waals surface area (Å²) in [7, 11) is 3.42. The van der Waals surface area contributed by atoms with E-state index in [4.69, 9.17) is 9.47 Å². The maximum absolute atomic E-state index is 12.1. The van der Waals surface area contributed by atoms with E-state index in [9.17, 15) is 9.59 Å². The third-order valence-electron chi connectivity index (χ3n) is 4.56. The molecular weight excluding hydrogens is 380 g/mol. The van der Waals surface area contributed by atoms with Gasteiger partial charge in [-0.3, -0.25) is 9.59 Å². The number of nitrogens with zero attached hydrogens (tertiary/aromatic N) is 1. The van der Waals surface area contributed by atoms with Crippen LogP contribution in [0.2, 0.25) is 0 Å². The second kappa shape index (κ2) is 8.91. The highest BCUT2D eigenvalue weighted by molar-refractivity contribution is 5.93. The number of hydrogen-bond donors (Lipinski definition) is 1. The van der Waals surface area contributed by atoms with Gasteiger partial charge in [0, 0.05) is 37.2 Å². The average Bonchev–Trinajstić information content (AvgIpc) is 3.03. The molecule has 0 bridgehead atoms. The van der Waals surface area contributed by atoms with Crippen LogP contribution in [0, 0.1) is 11.8 Å². The number of amides is 2. The molecule has 1 heterocycles. The summed E-state index contributed by atoms with van der Waals surface area (Å²) < 4.78 is 11.6. The summed E-state index contributed by atoms with van der Waals surface area (Å²) in [5.74, 6) is 6.83. The van der Waals surface area contributed by atoms with Gasteiger partial charge in [0.15, 0.2) is 18.1 Å². The molecule has 0 radical (unpaired) electrons. The lowest BCUT2D eigenvalue weighted by molar-refractivity contribution is -0.122. The third kappa shape index (κ3) is 5.32. The molecule has 0 saturated heterocycles. The van der Waals surface area contributed by atoms with E-state index in [1.165, 1.54) is 4.90 Å². The standard InChI is InChI=1S/C24H26N2O4/c1-24(2)15-19-8-5-9-20(22(19)30-24)29-16-21(27)25-14-6-7-17-10-12-18(13-11-17)23(28)26(3)4/h5,8-13H,14-16H2,1-4H3,(H,25,27). The molecule has 0 aromatic heterocycles. The van der Waals surface area contributed by atoms with Crippen molar-refractivity contribution >= 4 is 11.8 Å². The number of rotatable bonds is 5. The molecule has 1 aliphatic rings. The molecule has 0 spiro atoms. The van der Waals surface area contributed by atoms with Crippen LogP contribution >= 0.6 is 0 Å². The zero-order chi connectivity index (χ0) is 21.7. The molecule has 0 atom stereocenters. The van der Waals surface area contributed by atoms with Gasteiger partial charge in [-0.15, -0.1) is 0 Å². The number of carbonyl (C=O) groups is 2. The number of nitrogens with one attached hydrogen (secondary N) is 1.